The van der Waals surface area contributed by atoms with Crippen molar-refractivity contribution in [2.24, 2.45) is 0 Å². The van der Waals surface area contributed by atoms with E-state index in [1.807, 2.05) is 31.2 Å². The quantitative estimate of drug-likeness (QED) is 0.624. The lowest BCUT2D eigenvalue weighted by Crippen LogP contribution is -2.48. The second-order valence-electron chi connectivity index (χ2n) is 7.03. The number of hydrogen-bond acceptors (Lipinski definition) is 6. The molecule has 0 radical (unpaired) electrons. The molecule has 3 N–H and O–H groups in total. The lowest BCUT2D eigenvalue weighted by molar-refractivity contribution is -0.159. The fourth-order valence-corrected chi connectivity index (χ4v) is 3.14. The third-order valence-corrected chi connectivity index (χ3v) is 4.76. The zero-order chi connectivity index (χ0) is 21.2. The Hall–Kier alpha value is -2.81. The number of carboxylic acids is 2. The number of fused-ring (bicyclic) bond motifs is 1. The first-order valence-corrected chi connectivity index (χ1v) is 9.73. The number of piperidine rings is 1. The van der Waals surface area contributed by atoms with Crippen molar-refractivity contribution < 1.29 is 34.1 Å². The number of ether oxygens (including phenoxy) is 2. The second kappa shape index (κ2) is 11.3. The van der Waals surface area contributed by atoms with Gasteiger partial charge in [0.1, 0.15) is 6.61 Å². The maximum atomic E-state index is 12.2. The highest BCUT2D eigenvalue weighted by molar-refractivity contribution is 6.27. The van der Waals surface area contributed by atoms with E-state index in [0.717, 1.165) is 31.1 Å². The molecule has 29 heavy (non-hydrogen) atoms. The number of nitrogens with one attached hydrogen (secondary N) is 1. The van der Waals surface area contributed by atoms with E-state index >= 15 is 0 Å². The highest BCUT2D eigenvalue weighted by Crippen LogP contribution is 2.31. The fourth-order valence-electron chi connectivity index (χ4n) is 3.14. The first kappa shape index (κ1) is 22.5. The Morgan fingerprint density at radius 1 is 1.10 bits per heavy atom. The monoisotopic (exact) mass is 408 g/mol. The molecule has 2 aliphatic heterocycles. The van der Waals surface area contributed by atoms with E-state index in [9.17, 15) is 4.79 Å². The molecule has 9 heteroatoms. The summed E-state index contributed by atoms with van der Waals surface area (Å²) in [6.45, 7) is 5.53. The Bertz CT molecular complexity index is 692. The van der Waals surface area contributed by atoms with Gasteiger partial charge in [0.25, 0.3) is 0 Å². The van der Waals surface area contributed by atoms with Crippen LogP contribution in [0.2, 0.25) is 0 Å². The summed E-state index contributed by atoms with van der Waals surface area (Å²) in [6.07, 6.45) is 4.23. The van der Waals surface area contributed by atoms with Gasteiger partial charge in [0, 0.05) is 13.0 Å². The summed E-state index contributed by atoms with van der Waals surface area (Å²) in [4.78, 5) is 32.7. The zero-order valence-corrected chi connectivity index (χ0v) is 16.5. The molecule has 0 aliphatic carbocycles. The van der Waals surface area contributed by atoms with Crippen molar-refractivity contribution in [1.82, 2.24) is 10.2 Å². The van der Waals surface area contributed by atoms with Crippen molar-refractivity contribution in [2.75, 3.05) is 26.2 Å². The number of hydrogen-bond donors (Lipinski definition) is 3. The van der Waals surface area contributed by atoms with Gasteiger partial charge < -0.3 is 29.9 Å². The van der Waals surface area contributed by atoms with Crippen LogP contribution in [0.1, 0.15) is 32.6 Å². The smallest absolute Gasteiger partial charge is 0.414 e. The van der Waals surface area contributed by atoms with Gasteiger partial charge in [0.2, 0.25) is 5.91 Å². The van der Waals surface area contributed by atoms with Crippen LogP contribution in [0, 0.1) is 0 Å². The lowest BCUT2D eigenvalue weighted by Gasteiger charge is -2.31. The molecule has 160 valence electrons. The molecule has 1 fully saturated rings. The standard InChI is InChI=1S/C18H26N2O3.C2H2O4/c1-14(17-13-22-15-7-3-4-8-16(15)23-17)19-18(21)9-12-20-10-5-2-6-11-20;3-1(4)2(5)6/h3-4,7-8,14,17H,2,5-6,9-13H2,1H3,(H,19,21);(H,3,4)(H,5,6). The molecule has 3 rings (SSSR count). The molecule has 1 amide bonds. The van der Waals surface area contributed by atoms with E-state index in [1.54, 1.807) is 0 Å². The molecule has 9 nitrogen and oxygen atoms in total. The molecule has 1 aromatic carbocycles. The molecule has 1 saturated heterocycles. The van der Waals surface area contributed by atoms with Crippen LogP contribution in [0.5, 0.6) is 11.5 Å². The second-order valence-corrected chi connectivity index (χ2v) is 7.03. The Kier molecular flexibility index (Phi) is 8.72. The molecule has 0 aromatic heterocycles. The zero-order valence-electron chi connectivity index (χ0n) is 16.5. The van der Waals surface area contributed by atoms with Gasteiger partial charge in [-0.1, -0.05) is 18.6 Å². The molecule has 2 heterocycles. The fraction of sp³-hybridized carbons (Fsp3) is 0.550. The first-order valence-electron chi connectivity index (χ1n) is 9.73. The Balaban J connectivity index is 0.000000438. The minimum Gasteiger partial charge on any atom is -0.486 e. The van der Waals surface area contributed by atoms with Crippen LogP contribution in [-0.2, 0) is 14.4 Å². The maximum Gasteiger partial charge on any atom is 0.414 e. The number of likely N-dealkylation sites (tertiary alicyclic amines) is 1. The number of amides is 1. The third-order valence-electron chi connectivity index (χ3n) is 4.76. The van der Waals surface area contributed by atoms with Crippen LogP contribution >= 0.6 is 0 Å². The number of carbonyl (C=O) groups is 3. The van der Waals surface area contributed by atoms with Gasteiger partial charge >= 0.3 is 11.9 Å². The number of aliphatic carboxylic acids is 2. The molecule has 0 bridgehead atoms. The van der Waals surface area contributed by atoms with Crippen molar-refractivity contribution in [1.29, 1.82) is 0 Å². The SMILES string of the molecule is CC(NC(=O)CCN1CCCCC1)C1COc2ccccc2O1.O=C(O)C(=O)O. The highest BCUT2D eigenvalue weighted by atomic mass is 16.6. The normalized spacial score (nSPS) is 19.3. The summed E-state index contributed by atoms with van der Waals surface area (Å²) in [5, 5.41) is 17.8. The van der Waals surface area contributed by atoms with Crippen LogP contribution in [0.15, 0.2) is 24.3 Å². The van der Waals surface area contributed by atoms with Crippen LogP contribution in [-0.4, -0.2) is 71.3 Å². The van der Waals surface area contributed by atoms with Gasteiger partial charge in [-0.3, -0.25) is 4.79 Å². The molecule has 1 aromatic rings. The van der Waals surface area contributed by atoms with E-state index in [4.69, 9.17) is 29.3 Å². The summed E-state index contributed by atoms with van der Waals surface area (Å²) in [6, 6.07) is 7.57. The summed E-state index contributed by atoms with van der Waals surface area (Å²) in [7, 11) is 0. The maximum absolute atomic E-state index is 12.2. The molecule has 0 spiro atoms. The lowest BCUT2D eigenvalue weighted by atomic mass is 10.1. The topological polar surface area (TPSA) is 125 Å². The average molecular weight is 408 g/mol. The van der Waals surface area contributed by atoms with Crippen molar-refractivity contribution in [3.05, 3.63) is 24.3 Å². The first-order chi connectivity index (χ1) is 13.9. The van der Waals surface area contributed by atoms with Crippen LogP contribution in [0.4, 0.5) is 0 Å². The Morgan fingerprint density at radius 2 is 1.72 bits per heavy atom. The summed E-state index contributed by atoms with van der Waals surface area (Å²) >= 11 is 0. The molecule has 2 aliphatic rings. The largest absolute Gasteiger partial charge is 0.486 e. The van der Waals surface area contributed by atoms with E-state index in [0.29, 0.717) is 13.0 Å². The molecule has 2 unspecified atom stereocenters. The van der Waals surface area contributed by atoms with Gasteiger partial charge in [-0.25, -0.2) is 9.59 Å². The minimum atomic E-state index is -1.82. The van der Waals surface area contributed by atoms with Crippen LogP contribution in [0.25, 0.3) is 0 Å². The van der Waals surface area contributed by atoms with Crippen LogP contribution < -0.4 is 14.8 Å². The minimum absolute atomic E-state index is 0.0720. The van der Waals surface area contributed by atoms with Gasteiger partial charge in [0.05, 0.1) is 6.04 Å². The predicted molar refractivity (Wildman–Crippen MR) is 104 cm³/mol. The van der Waals surface area contributed by atoms with Crippen molar-refractivity contribution in [2.45, 2.75) is 44.8 Å². The number of para-hydroxylation sites is 2. The van der Waals surface area contributed by atoms with Crippen molar-refractivity contribution >= 4 is 17.8 Å². The Morgan fingerprint density at radius 3 is 2.34 bits per heavy atom. The summed E-state index contributed by atoms with van der Waals surface area (Å²) in [5.74, 6) is -2.04. The number of rotatable bonds is 5. The predicted octanol–water partition coefficient (Wildman–Crippen LogP) is 1.36. The van der Waals surface area contributed by atoms with Gasteiger partial charge in [-0.15, -0.1) is 0 Å². The van der Waals surface area contributed by atoms with Gasteiger partial charge in [-0.2, -0.15) is 0 Å². The molecule has 2 atom stereocenters. The molecular formula is C20H28N2O7. The number of carbonyl (C=O) groups excluding carboxylic acids is 1. The van der Waals surface area contributed by atoms with E-state index < -0.39 is 11.9 Å². The summed E-state index contributed by atoms with van der Waals surface area (Å²) < 4.78 is 11.6. The number of benzene rings is 1. The Labute approximate surface area is 169 Å². The number of carboxylic acid groups (broad SMARTS) is 2. The van der Waals surface area contributed by atoms with Crippen molar-refractivity contribution in [3.8, 4) is 11.5 Å². The van der Waals surface area contributed by atoms with E-state index in [2.05, 4.69) is 10.2 Å². The third kappa shape index (κ3) is 7.61. The highest BCUT2D eigenvalue weighted by Gasteiger charge is 2.27. The van der Waals surface area contributed by atoms with E-state index in [1.165, 1.54) is 19.3 Å². The number of nitrogens with zero attached hydrogens (tertiary/aromatic N) is 1. The molecular weight excluding hydrogens is 380 g/mol. The molecule has 0 saturated carbocycles. The van der Waals surface area contributed by atoms with E-state index in [-0.39, 0.29) is 18.1 Å². The van der Waals surface area contributed by atoms with Crippen molar-refractivity contribution in [3.63, 3.8) is 0 Å². The van der Waals surface area contributed by atoms with Gasteiger partial charge in [-0.05, 0) is 45.0 Å². The summed E-state index contributed by atoms with van der Waals surface area (Å²) in [5.41, 5.74) is 0. The average Bonchev–Trinajstić information content (AvgIpc) is 2.73. The van der Waals surface area contributed by atoms with Gasteiger partial charge in [0.15, 0.2) is 17.6 Å². The van der Waals surface area contributed by atoms with Crippen LogP contribution in [0.3, 0.4) is 0 Å².